The fourth-order valence-electron chi connectivity index (χ4n) is 1.89. The first kappa shape index (κ1) is 12.7. The van der Waals surface area contributed by atoms with E-state index in [4.69, 9.17) is 5.73 Å². The molecule has 18 heavy (non-hydrogen) atoms. The van der Waals surface area contributed by atoms with Crippen molar-refractivity contribution < 1.29 is 0 Å². The Hall–Kier alpha value is -1.72. The lowest BCUT2D eigenvalue weighted by Crippen LogP contribution is -2.32. The Morgan fingerprint density at radius 3 is 2.67 bits per heavy atom. The predicted molar refractivity (Wildman–Crippen MR) is 70.8 cm³/mol. The number of nitrogens with two attached hydrogens (primary N) is 1. The zero-order valence-electron chi connectivity index (χ0n) is 10.4. The fourth-order valence-corrected chi connectivity index (χ4v) is 1.89. The van der Waals surface area contributed by atoms with Crippen LogP contribution < -0.4 is 5.73 Å². The average Bonchev–Trinajstić information content (AvgIpc) is 2.91. The molecule has 0 aliphatic rings. The summed E-state index contributed by atoms with van der Waals surface area (Å²) < 4.78 is 1.84. The Kier molecular flexibility index (Phi) is 4.87. The Labute approximate surface area is 107 Å². The standard InChI is InChI=1S/C13H19N5/c14-6-7-17(8-9-18-12-15-11-16-18)10-13-4-2-1-3-5-13/h1-5,11-12H,6-10,14H2. The minimum Gasteiger partial charge on any atom is -0.329 e. The van der Waals surface area contributed by atoms with Gasteiger partial charge < -0.3 is 5.73 Å². The summed E-state index contributed by atoms with van der Waals surface area (Å²) >= 11 is 0. The van der Waals surface area contributed by atoms with Gasteiger partial charge in [-0.15, -0.1) is 0 Å². The minimum atomic E-state index is 0.671. The van der Waals surface area contributed by atoms with Gasteiger partial charge in [0.1, 0.15) is 12.7 Å². The van der Waals surface area contributed by atoms with Gasteiger partial charge in [-0.05, 0) is 5.56 Å². The van der Waals surface area contributed by atoms with Crippen LogP contribution in [0.4, 0.5) is 0 Å². The summed E-state index contributed by atoms with van der Waals surface area (Å²) in [5, 5.41) is 4.10. The summed E-state index contributed by atoms with van der Waals surface area (Å²) in [4.78, 5) is 6.27. The maximum Gasteiger partial charge on any atom is 0.137 e. The Bertz CT molecular complexity index is 426. The van der Waals surface area contributed by atoms with Gasteiger partial charge in [-0.1, -0.05) is 30.3 Å². The summed E-state index contributed by atoms with van der Waals surface area (Å²) in [7, 11) is 0. The van der Waals surface area contributed by atoms with Crippen LogP contribution in [-0.4, -0.2) is 39.3 Å². The van der Waals surface area contributed by atoms with Crippen LogP contribution in [0.3, 0.4) is 0 Å². The first-order valence-corrected chi connectivity index (χ1v) is 6.17. The van der Waals surface area contributed by atoms with E-state index in [0.29, 0.717) is 6.54 Å². The van der Waals surface area contributed by atoms with Crippen LogP contribution in [0.2, 0.25) is 0 Å². The quantitative estimate of drug-likeness (QED) is 0.781. The fraction of sp³-hybridized carbons (Fsp3) is 0.385. The highest BCUT2D eigenvalue weighted by Crippen LogP contribution is 2.04. The molecule has 0 fully saturated rings. The van der Waals surface area contributed by atoms with Gasteiger partial charge in [-0.25, -0.2) is 4.98 Å². The van der Waals surface area contributed by atoms with Crippen molar-refractivity contribution >= 4 is 0 Å². The lowest BCUT2D eigenvalue weighted by molar-refractivity contribution is 0.257. The van der Waals surface area contributed by atoms with Crippen molar-refractivity contribution in [2.45, 2.75) is 13.1 Å². The highest BCUT2D eigenvalue weighted by atomic mass is 15.3. The van der Waals surface area contributed by atoms with E-state index >= 15 is 0 Å². The van der Waals surface area contributed by atoms with E-state index < -0.39 is 0 Å². The van der Waals surface area contributed by atoms with Gasteiger partial charge in [-0.3, -0.25) is 9.58 Å². The van der Waals surface area contributed by atoms with E-state index in [9.17, 15) is 0 Å². The second-order valence-electron chi connectivity index (χ2n) is 4.21. The van der Waals surface area contributed by atoms with Gasteiger partial charge in [0.15, 0.2) is 0 Å². The molecule has 1 aromatic heterocycles. The second-order valence-corrected chi connectivity index (χ2v) is 4.21. The molecule has 0 spiro atoms. The third-order valence-electron chi connectivity index (χ3n) is 2.81. The molecule has 0 saturated heterocycles. The molecule has 0 radical (unpaired) electrons. The second kappa shape index (κ2) is 6.88. The number of aromatic nitrogens is 3. The van der Waals surface area contributed by atoms with Crippen LogP contribution in [0.25, 0.3) is 0 Å². The van der Waals surface area contributed by atoms with Crippen LogP contribution in [0.15, 0.2) is 43.0 Å². The van der Waals surface area contributed by atoms with Crippen molar-refractivity contribution in [2.75, 3.05) is 19.6 Å². The van der Waals surface area contributed by atoms with Crippen LogP contribution in [0.1, 0.15) is 5.56 Å². The third-order valence-corrected chi connectivity index (χ3v) is 2.81. The maximum atomic E-state index is 5.66. The van der Waals surface area contributed by atoms with Crippen LogP contribution in [-0.2, 0) is 13.1 Å². The van der Waals surface area contributed by atoms with Gasteiger partial charge >= 0.3 is 0 Å². The topological polar surface area (TPSA) is 60.0 Å². The van der Waals surface area contributed by atoms with Gasteiger partial charge in [0.2, 0.25) is 0 Å². The molecule has 0 saturated carbocycles. The summed E-state index contributed by atoms with van der Waals surface area (Å²) in [5.41, 5.74) is 6.97. The van der Waals surface area contributed by atoms with Gasteiger partial charge in [0.25, 0.3) is 0 Å². The molecule has 1 aromatic carbocycles. The molecule has 0 aliphatic heterocycles. The first-order valence-electron chi connectivity index (χ1n) is 6.17. The number of rotatable bonds is 7. The van der Waals surface area contributed by atoms with Crippen LogP contribution >= 0.6 is 0 Å². The summed E-state index contributed by atoms with van der Waals surface area (Å²) in [6.07, 6.45) is 3.30. The van der Waals surface area contributed by atoms with Crippen molar-refractivity contribution in [1.29, 1.82) is 0 Å². The monoisotopic (exact) mass is 245 g/mol. The van der Waals surface area contributed by atoms with E-state index in [1.165, 1.54) is 5.56 Å². The number of nitrogens with zero attached hydrogens (tertiary/aromatic N) is 4. The first-order chi connectivity index (χ1) is 8.88. The molecule has 2 N–H and O–H groups in total. The number of hydrogen-bond acceptors (Lipinski definition) is 4. The number of hydrogen-bond donors (Lipinski definition) is 1. The largest absolute Gasteiger partial charge is 0.329 e. The molecule has 5 heteroatoms. The molecule has 0 aliphatic carbocycles. The molecule has 0 atom stereocenters. The molecule has 0 unspecified atom stereocenters. The Morgan fingerprint density at radius 2 is 2.00 bits per heavy atom. The van der Waals surface area contributed by atoms with Crippen molar-refractivity contribution in [3.8, 4) is 0 Å². The van der Waals surface area contributed by atoms with E-state index in [-0.39, 0.29) is 0 Å². The van der Waals surface area contributed by atoms with E-state index in [0.717, 1.165) is 26.2 Å². The maximum absolute atomic E-state index is 5.66. The van der Waals surface area contributed by atoms with Gasteiger partial charge in [-0.2, -0.15) is 5.10 Å². The molecule has 96 valence electrons. The molecule has 1 heterocycles. The SMILES string of the molecule is NCCN(CCn1cncn1)Cc1ccccc1. The summed E-state index contributed by atoms with van der Waals surface area (Å²) in [6.45, 7) is 4.25. The van der Waals surface area contributed by atoms with Crippen molar-refractivity contribution in [3.05, 3.63) is 48.5 Å². The third kappa shape index (κ3) is 3.94. The van der Waals surface area contributed by atoms with E-state index in [1.807, 2.05) is 10.7 Å². The van der Waals surface area contributed by atoms with Crippen molar-refractivity contribution in [3.63, 3.8) is 0 Å². The van der Waals surface area contributed by atoms with Crippen molar-refractivity contribution in [1.82, 2.24) is 19.7 Å². The molecule has 2 aromatic rings. The lowest BCUT2D eigenvalue weighted by atomic mass is 10.2. The van der Waals surface area contributed by atoms with E-state index in [2.05, 4.69) is 39.2 Å². The van der Waals surface area contributed by atoms with E-state index in [1.54, 1.807) is 12.7 Å². The lowest BCUT2D eigenvalue weighted by Gasteiger charge is -2.21. The summed E-state index contributed by atoms with van der Waals surface area (Å²) in [6, 6.07) is 10.4. The predicted octanol–water partition coefficient (Wildman–Crippen LogP) is 0.739. The van der Waals surface area contributed by atoms with Crippen molar-refractivity contribution in [2.24, 2.45) is 5.73 Å². The molecule has 0 bridgehead atoms. The van der Waals surface area contributed by atoms with Crippen LogP contribution in [0, 0.1) is 0 Å². The molecule has 2 rings (SSSR count). The minimum absolute atomic E-state index is 0.671. The highest BCUT2D eigenvalue weighted by molar-refractivity contribution is 5.14. The smallest absolute Gasteiger partial charge is 0.137 e. The van der Waals surface area contributed by atoms with Gasteiger partial charge in [0.05, 0.1) is 6.54 Å². The molecular formula is C13H19N5. The molecule has 5 nitrogen and oxygen atoms in total. The average molecular weight is 245 g/mol. The normalized spacial score (nSPS) is 11.0. The zero-order valence-corrected chi connectivity index (χ0v) is 10.4. The van der Waals surface area contributed by atoms with Crippen LogP contribution in [0.5, 0.6) is 0 Å². The highest BCUT2D eigenvalue weighted by Gasteiger charge is 2.05. The van der Waals surface area contributed by atoms with Gasteiger partial charge in [0, 0.05) is 26.2 Å². The summed E-state index contributed by atoms with van der Waals surface area (Å²) in [5.74, 6) is 0. The molecule has 0 amide bonds. The Morgan fingerprint density at radius 1 is 1.17 bits per heavy atom. The number of benzene rings is 1. The Balaban J connectivity index is 1.87. The zero-order chi connectivity index (χ0) is 12.6. The molecular weight excluding hydrogens is 226 g/mol.